The molecular formula is C13H19Cl2N3O3. The molecule has 1 N–H and O–H groups in total. The Morgan fingerprint density at radius 2 is 1.57 bits per heavy atom. The molecule has 0 aromatic rings. The van der Waals surface area contributed by atoms with Crippen LogP contribution in [0, 0.1) is 5.92 Å². The van der Waals surface area contributed by atoms with Gasteiger partial charge in [0.25, 0.3) is 0 Å². The largest absolute Gasteiger partial charge is 0.346 e. The highest BCUT2D eigenvalue weighted by atomic mass is 35.5. The molecule has 1 aliphatic carbocycles. The van der Waals surface area contributed by atoms with Gasteiger partial charge in [0.2, 0.25) is 5.91 Å². The van der Waals surface area contributed by atoms with Gasteiger partial charge in [-0.3, -0.25) is 14.4 Å². The summed E-state index contributed by atoms with van der Waals surface area (Å²) in [5, 5.41) is 2.57. The van der Waals surface area contributed by atoms with Gasteiger partial charge in [0.15, 0.2) is 0 Å². The molecule has 1 heterocycles. The number of rotatable bonds is 2. The lowest BCUT2D eigenvalue weighted by molar-refractivity contribution is -0.148. The fourth-order valence-corrected chi connectivity index (χ4v) is 2.79. The summed E-state index contributed by atoms with van der Waals surface area (Å²) < 4.78 is -0.929. The minimum absolute atomic E-state index is 0.0706. The number of amides is 3. The number of piperazine rings is 1. The van der Waals surface area contributed by atoms with Crippen molar-refractivity contribution >= 4 is 40.9 Å². The number of carbonyl (C=O) groups is 3. The van der Waals surface area contributed by atoms with E-state index in [1.54, 1.807) is 18.7 Å². The normalized spacial score (nSPS) is 24.0. The molecule has 1 atom stereocenters. The second-order valence-corrected chi connectivity index (χ2v) is 7.31. The molecule has 8 heteroatoms. The molecule has 2 fully saturated rings. The molecule has 2 aliphatic rings. The summed E-state index contributed by atoms with van der Waals surface area (Å²) >= 11 is 11.8. The van der Waals surface area contributed by atoms with Crippen molar-refractivity contribution in [1.29, 1.82) is 0 Å². The highest BCUT2D eigenvalue weighted by Gasteiger charge is 2.57. The summed E-state index contributed by atoms with van der Waals surface area (Å²) in [6.45, 7) is 5.09. The fraction of sp³-hybridized carbons (Fsp3) is 0.769. The van der Waals surface area contributed by atoms with Gasteiger partial charge in [-0.25, -0.2) is 0 Å². The summed E-state index contributed by atoms with van der Waals surface area (Å²) in [5.74, 6) is -1.56. The number of hydrogen-bond donors (Lipinski definition) is 1. The summed E-state index contributed by atoms with van der Waals surface area (Å²) in [6.07, 6.45) is 0.477. The van der Waals surface area contributed by atoms with E-state index in [1.165, 1.54) is 4.90 Å². The van der Waals surface area contributed by atoms with Gasteiger partial charge < -0.3 is 15.1 Å². The van der Waals surface area contributed by atoms with Crippen LogP contribution in [0.2, 0.25) is 0 Å². The Balaban J connectivity index is 1.82. The lowest BCUT2D eigenvalue weighted by atomic mass is 10.2. The standard InChI is InChI=1S/C13H19Cl2N3O3/c1-8(2)16-10(19)12(21)18-5-3-17(4-6-18)11(20)9-7-13(9,14)15/h8-9H,3-7H2,1-2H3,(H,16,19). The molecule has 0 spiro atoms. The first-order valence-electron chi connectivity index (χ1n) is 6.98. The van der Waals surface area contributed by atoms with Crippen molar-refractivity contribution in [2.75, 3.05) is 26.2 Å². The Hall–Kier alpha value is -1.01. The first-order chi connectivity index (χ1) is 9.72. The van der Waals surface area contributed by atoms with Crippen LogP contribution in [0.4, 0.5) is 0 Å². The van der Waals surface area contributed by atoms with Crippen LogP contribution < -0.4 is 5.32 Å². The molecule has 0 aromatic carbocycles. The molecule has 0 bridgehead atoms. The number of carbonyl (C=O) groups excluding carboxylic acids is 3. The first kappa shape index (κ1) is 16.4. The van der Waals surface area contributed by atoms with Crippen LogP contribution in [-0.4, -0.2) is 64.1 Å². The van der Waals surface area contributed by atoms with Gasteiger partial charge in [-0.05, 0) is 20.3 Å². The molecule has 0 radical (unpaired) electrons. The van der Waals surface area contributed by atoms with Gasteiger partial charge in [0.1, 0.15) is 4.33 Å². The van der Waals surface area contributed by atoms with Crippen LogP contribution in [0.1, 0.15) is 20.3 Å². The summed E-state index contributed by atoms with van der Waals surface area (Å²) in [5.41, 5.74) is 0. The van der Waals surface area contributed by atoms with Crippen LogP contribution >= 0.6 is 23.2 Å². The maximum absolute atomic E-state index is 12.1. The maximum atomic E-state index is 12.1. The highest BCUT2D eigenvalue weighted by Crippen LogP contribution is 2.53. The van der Waals surface area contributed by atoms with E-state index in [9.17, 15) is 14.4 Å². The SMILES string of the molecule is CC(C)NC(=O)C(=O)N1CCN(C(=O)C2CC2(Cl)Cl)CC1. The van der Waals surface area contributed by atoms with Gasteiger partial charge in [-0.2, -0.15) is 0 Å². The Bertz CT molecular complexity index is 460. The smallest absolute Gasteiger partial charge is 0.312 e. The first-order valence-corrected chi connectivity index (χ1v) is 7.74. The molecule has 1 saturated heterocycles. The summed E-state index contributed by atoms with van der Waals surface area (Å²) in [7, 11) is 0. The number of nitrogens with zero attached hydrogens (tertiary/aromatic N) is 2. The van der Waals surface area contributed by atoms with Crippen molar-refractivity contribution in [3.05, 3.63) is 0 Å². The average molecular weight is 336 g/mol. The van der Waals surface area contributed by atoms with Crippen LogP contribution in [0.3, 0.4) is 0 Å². The third kappa shape index (κ3) is 3.80. The van der Waals surface area contributed by atoms with E-state index in [0.29, 0.717) is 32.6 Å². The van der Waals surface area contributed by atoms with Gasteiger partial charge in [-0.1, -0.05) is 0 Å². The molecule has 118 valence electrons. The fourth-order valence-electron chi connectivity index (χ4n) is 2.30. The van der Waals surface area contributed by atoms with E-state index < -0.39 is 16.1 Å². The quantitative estimate of drug-likeness (QED) is 0.585. The molecule has 1 saturated carbocycles. The molecule has 0 aromatic heterocycles. The van der Waals surface area contributed by atoms with E-state index in [2.05, 4.69) is 5.32 Å². The Morgan fingerprint density at radius 1 is 1.10 bits per heavy atom. The Labute approximate surface area is 133 Å². The highest BCUT2D eigenvalue weighted by molar-refractivity contribution is 6.52. The van der Waals surface area contributed by atoms with Gasteiger partial charge in [0, 0.05) is 32.2 Å². The van der Waals surface area contributed by atoms with Crippen molar-refractivity contribution in [2.45, 2.75) is 30.6 Å². The second kappa shape index (κ2) is 6.01. The summed E-state index contributed by atoms with van der Waals surface area (Å²) in [6, 6.07) is -0.0836. The zero-order valence-electron chi connectivity index (χ0n) is 12.1. The van der Waals surface area contributed by atoms with Crippen LogP contribution in [0.25, 0.3) is 0 Å². The molecule has 21 heavy (non-hydrogen) atoms. The van der Waals surface area contributed by atoms with E-state index in [-0.39, 0.29) is 17.9 Å². The predicted octanol–water partition coefficient (Wildman–Crippen LogP) is 0.376. The third-order valence-electron chi connectivity index (χ3n) is 3.62. The van der Waals surface area contributed by atoms with Crippen molar-refractivity contribution in [2.24, 2.45) is 5.92 Å². The Morgan fingerprint density at radius 3 is 2.00 bits per heavy atom. The van der Waals surface area contributed by atoms with Crippen LogP contribution in [0.15, 0.2) is 0 Å². The number of hydrogen-bond acceptors (Lipinski definition) is 3. The van der Waals surface area contributed by atoms with E-state index >= 15 is 0 Å². The van der Waals surface area contributed by atoms with Crippen molar-refractivity contribution in [3.8, 4) is 0 Å². The molecule has 6 nitrogen and oxygen atoms in total. The predicted molar refractivity (Wildman–Crippen MR) is 79.0 cm³/mol. The maximum Gasteiger partial charge on any atom is 0.312 e. The van der Waals surface area contributed by atoms with E-state index in [0.717, 1.165) is 0 Å². The van der Waals surface area contributed by atoms with Gasteiger partial charge in [0.05, 0.1) is 5.92 Å². The minimum atomic E-state index is -0.929. The number of nitrogens with one attached hydrogen (secondary N) is 1. The lowest BCUT2D eigenvalue weighted by Gasteiger charge is -2.34. The minimum Gasteiger partial charge on any atom is -0.346 e. The van der Waals surface area contributed by atoms with Crippen LogP contribution in [-0.2, 0) is 14.4 Å². The van der Waals surface area contributed by atoms with Crippen molar-refractivity contribution in [3.63, 3.8) is 0 Å². The topological polar surface area (TPSA) is 69.7 Å². The van der Waals surface area contributed by atoms with Crippen molar-refractivity contribution in [1.82, 2.24) is 15.1 Å². The van der Waals surface area contributed by atoms with E-state index in [1.807, 2.05) is 0 Å². The monoisotopic (exact) mass is 335 g/mol. The lowest BCUT2D eigenvalue weighted by Crippen LogP contribution is -2.54. The number of halogens is 2. The molecule has 3 amide bonds. The molecular weight excluding hydrogens is 317 g/mol. The molecule has 2 rings (SSSR count). The third-order valence-corrected chi connectivity index (χ3v) is 4.45. The second-order valence-electron chi connectivity index (χ2n) is 5.76. The zero-order valence-corrected chi connectivity index (χ0v) is 13.6. The van der Waals surface area contributed by atoms with Crippen molar-refractivity contribution < 1.29 is 14.4 Å². The van der Waals surface area contributed by atoms with Gasteiger partial charge >= 0.3 is 11.8 Å². The van der Waals surface area contributed by atoms with Gasteiger partial charge in [-0.15, -0.1) is 23.2 Å². The average Bonchev–Trinajstić information content (AvgIpc) is 3.05. The molecule has 1 unspecified atom stereocenters. The Kier molecular flexibility index (Phi) is 4.68. The zero-order chi connectivity index (χ0) is 15.8. The summed E-state index contributed by atoms with van der Waals surface area (Å²) in [4.78, 5) is 38.8. The number of alkyl halides is 2. The van der Waals surface area contributed by atoms with E-state index in [4.69, 9.17) is 23.2 Å². The van der Waals surface area contributed by atoms with Crippen LogP contribution in [0.5, 0.6) is 0 Å². The molecule has 1 aliphatic heterocycles.